The maximum Gasteiger partial charge on any atom is 0.325 e. The molecule has 5 rings (SSSR count). The van der Waals surface area contributed by atoms with E-state index in [0.29, 0.717) is 27.4 Å². The molecule has 0 aliphatic carbocycles. The van der Waals surface area contributed by atoms with Crippen LogP contribution in [0.3, 0.4) is 0 Å². The summed E-state index contributed by atoms with van der Waals surface area (Å²) in [5, 5.41) is 19.6. The van der Waals surface area contributed by atoms with Crippen LogP contribution in [0.15, 0.2) is 79.1 Å². The second-order valence-electron chi connectivity index (χ2n) is 11.8. The number of hydrogen-bond acceptors (Lipinski definition) is 12. The van der Waals surface area contributed by atoms with E-state index in [9.17, 15) is 46.5 Å². The van der Waals surface area contributed by atoms with Gasteiger partial charge in [0.1, 0.15) is 25.2 Å². The maximum absolute atomic E-state index is 13.4. The first-order chi connectivity index (χ1) is 26.0. The van der Waals surface area contributed by atoms with Crippen molar-refractivity contribution < 1.29 is 45.5 Å². The number of nitriles is 2. The predicted octanol–water partition coefficient (Wildman–Crippen LogP) is 3.44. The highest BCUT2D eigenvalue weighted by Crippen LogP contribution is 2.28. The van der Waals surface area contributed by atoms with E-state index >= 15 is 0 Å². The zero-order valence-electron chi connectivity index (χ0n) is 30.2. The van der Waals surface area contributed by atoms with Crippen molar-refractivity contribution in [2.24, 2.45) is 0 Å². The largest absolute Gasteiger partial charge is 0.465 e. The SMILES string of the molecule is CCOC(=O)Cn1cc(C#N)c2cccc(C(=O)N(Cc3ccccc3)S(C)(=O)=O)c21.CCOC(=O)Cn1cc(C#N)c2cccc(C(=O)NS(C)(=O)=O)c21. The van der Waals surface area contributed by atoms with E-state index in [0.717, 1.165) is 16.8 Å². The summed E-state index contributed by atoms with van der Waals surface area (Å²) in [6.07, 6.45) is 4.72. The fourth-order valence-electron chi connectivity index (χ4n) is 5.64. The van der Waals surface area contributed by atoms with E-state index in [-0.39, 0.29) is 55.1 Å². The molecule has 0 saturated carbocycles. The molecule has 2 amide bonds. The zero-order valence-corrected chi connectivity index (χ0v) is 31.8. The van der Waals surface area contributed by atoms with Crippen LogP contribution in [0.4, 0.5) is 0 Å². The molecule has 5 aromatic rings. The van der Waals surface area contributed by atoms with Crippen molar-refractivity contribution in [3.63, 3.8) is 0 Å². The second kappa shape index (κ2) is 17.5. The molecular formula is C37H36N6O10S2. The van der Waals surface area contributed by atoms with Crippen molar-refractivity contribution in [1.29, 1.82) is 10.5 Å². The molecule has 3 aromatic carbocycles. The highest BCUT2D eigenvalue weighted by Gasteiger charge is 2.28. The van der Waals surface area contributed by atoms with Gasteiger partial charge in [0.15, 0.2) is 0 Å². The topological polar surface area (TPSA) is 228 Å². The number of fused-ring (bicyclic) bond motifs is 2. The van der Waals surface area contributed by atoms with Gasteiger partial charge in [-0.05, 0) is 31.5 Å². The highest BCUT2D eigenvalue weighted by atomic mass is 32.2. The Morgan fingerprint density at radius 2 is 1.18 bits per heavy atom. The first-order valence-corrected chi connectivity index (χ1v) is 20.2. The second-order valence-corrected chi connectivity index (χ2v) is 15.5. The summed E-state index contributed by atoms with van der Waals surface area (Å²) in [7, 11) is -7.65. The Hall–Kier alpha value is -6.50. The van der Waals surface area contributed by atoms with Gasteiger partial charge in [-0.1, -0.05) is 54.6 Å². The minimum Gasteiger partial charge on any atom is -0.465 e. The summed E-state index contributed by atoms with van der Waals surface area (Å²) >= 11 is 0. The van der Waals surface area contributed by atoms with Gasteiger partial charge >= 0.3 is 11.9 Å². The number of hydrogen-bond donors (Lipinski definition) is 1. The summed E-state index contributed by atoms with van der Waals surface area (Å²) in [5.41, 5.74) is 1.90. The smallest absolute Gasteiger partial charge is 0.325 e. The van der Waals surface area contributed by atoms with Gasteiger partial charge in [-0.25, -0.2) is 25.9 Å². The van der Waals surface area contributed by atoms with Crippen LogP contribution in [-0.2, 0) is 58.7 Å². The minimum absolute atomic E-state index is 0.0451. The molecule has 1 N–H and O–H groups in total. The number of carbonyl (C=O) groups is 4. The van der Waals surface area contributed by atoms with Gasteiger partial charge < -0.3 is 18.6 Å². The number of esters is 2. The van der Waals surface area contributed by atoms with Crippen LogP contribution in [-0.4, -0.2) is 79.8 Å². The van der Waals surface area contributed by atoms with Gasteiger partial charge in [0.25, 0.3) is 11.8 Å². The molecule has 0 bridgehead atoms. The van der Waals surface area contributed by atoms with Crippen LogP contribution in [0.25, 0.3) is 21.8 Å². The minimum atomic E-state index is -3.90. The number of ether oxygens (including phenoxy) is 2. The maximum atomic E-state index is 13.4. The number of nitrogens with one attached hydrogen (secondary N) is 1. The number of carbonyl (C=O) groups excluding carboxylic acids is 4. The normalized spacial score (nSPS) is 11.1. The number of para-hydroxylation sites is 2. The molecule has 0 spiro atoms. The van der Waals surface area contributed by atoms with Crippen LogP contribution in [0.1, 0.15) is 51.3 Å². The number of rotatable bonds is 12. The third-order valence-electron chi connectivity index (χ3n) is 7.80. The molecule has 0 saturated heterocycles. The molecule has 18 heteroatoms. The van der Waals surface area contributed by atoms with Gasteiger partial charge in [0.05, 0.1) is 65.6 Å². The fourth-order valence-corrected chi connectivity index (χ4v) is 6.87. The Morgan fingerprint density at radius 1 is 0.709 bits per heavy atom. The van der Waals surface area contributed by atoms with Crippen molar-refractivity contribution in [3.05, 3.63) is 107 Å². The van der Waals surface area contributed by atoms with Crippen LogP contribution in [0.2, 0.25) is 0 Å². The number of benzene rings is 3. The van der Waals surface area contributed by atoms with E-state index in [2.05, 4.69) is 0 Å². The van der Waals surface area contributed by atoms with Gasteiger partial charge in [-0.2, -0.15) is 10.5 Å². The average molecular weight is 789 g/mol. The summed E-state index contributed by atoms with van der Waals surface area (Å²) in [6, 6.07) is 22.1. The molecule has 16 nitrogen and oxygen atoms in total. The van der Waals surface area contributed by atoms with Crippen molar-refractivity contribution in [2.45, 2.75) is 33.5 Å². The standard InChI is InChI=1S/C22H21N3O5S.C15H15N3O5S/c1-3-30-20(26)15-24-14-17(12-23)18-10-7-11-19(21(18)24)22(27)25(31(2,28)29)13-16-8-5-4-6-9-16;1-3-23-13(19)9-18-8-10(7-16)11-5-4-6-12(14(11)18)15(20)17-24(2,21)22/h4-11,14H,3,13,15H2,1-2H3;4-6,8H,3,9H2,1-2H3,(H,17,20). The Kier molecular flexibility index (Phi) is 13.2. The lowest BCUT2D eigenvalue weighted by molar-refractivity contribution is -0.144. The predicted molar refractivity (Wildman–Crippen MR) is 200 cm³/mol. The Labute approximate surface area is 317 Å². The fraction of sp³-hybridized carbons (Fsp3) is 0.243. The van der Waals surface area contributed by atoms with Gasteiger partial charge in [0.2, 0.25) is 20.0 Å². The third-order valence-corrected chi connectivity index (χ3v) is 9.45. The average Bonchev–Trinajstić information content (AvgIpc) is 3.67. The van der Waals surface area contributed by atoms with Gasteiger partial charge in [0, 0.05) is 23.2 Å². The first kappa shape index (κ1) is 41.3. The lowest BCUT2D eigenvalue weighted by atomic mass is 10.1. The number of sulfonamides is 2. The molecule has 286 valence electrons. The Morgan fingerprint density at radius 3 is 1.62 bits per heavy atom. The van der Waals surface area contributed by atoms with Crippen LogP contribution in [0.5, 0.6) is 0 Å². The summed E-state index contributed by atoms with van der Waals surface area (Å²) < 4.78 is 62.9. The summed E-state index contributed by atoms with van der Waals surface area (Å²) in [5.74, 6) is -2.65. The van der Waals surface area contributed by atoms with Crippen molar-refractivity contribution >= 4 is 65.6 Å². The molecule has 2 aromatic heterocycles. The van der Waals surface area contributed by atoms with E-state index in [4.69, 9.17) is 9.47 Å². The molecule has 2 heterocycles. The first-order valence-electron chi connectivity index (χ1n) is 16.5. The van der Waals surface area contributed by atoms with Gasteiger partial charge in [-0.15, -0.1) is 0 Å². The molecule has 55 heavy (non-hydrogen) atoms. The Bertz CT molecular complexity index is 2580. The van der Waals surface area contributed by atoms with E-state index in [1.807, 2.05) is 16.9 Å². The van der Waals surface area contributed by atoms with Crippen molar-refractivity contribution in [1.82, 2.24) is 18.2 Å². The third kappa shape index (κ3) is 10.1. The van der Waals surface area contributed by atoms with Gasteiger partial charge in [-0.3, -0.25) is 19.2 Å². The van der Waals surface area contributed by atoms with Crippen LogP contribution < -0.4 is 4.72 Å². The van der Waals surface area contributed by atoms with Crippen LogP contribution in [0, 0.1) is 22.7 Å². The highest BCUT2D eigenvalue weighted by molar-refractivity contribution is 7.89. The van der Waals surface area contributed by atoms with E-state index < -0.39 is 43.8 Å². The lowest BCUT2D eigenvalue weighted by Crippen LogP contribution is -2.36. The zero-order chi connectivity index (χ0) is 40.5. The number of aromatic nitrogens is 2. The molecule has 0 unspecified atom stereocenters. The summed E-state index contributed by atoms with van der Waals surface area (Å²) in [6.45, 7) is 3.17. The summed E-state index contributed by atoms with van der Waals surface area (Å²) in [4.78, 5) is 49.4. The molecule has 0 aliphatic rings. The number of amides is 2. The molecule has 0 atom stereocenters. The molecule has 0 fully saturated rings. The van der Waals surface area contributed by atoms with Crippen molar-refractivity contribution in [3.8, 4) is 12.1 Å². The molecular weight excluding hydrogens is 753 g/mol. The lowest BCUT2D eigenvalue weighted by Gasteiger charge is -2.21. The molecule has 0 aliphatic heterocycles. The van der Waals surface area contributed by atoms with Crippen molar-refractivity contribution in [2.75, 3.05) is 25.7 Å². The monoisotopic (exact) mass is 788 g/mol. The number of nitrogens with zero attached hydrogens (tertiary/aromatic N) is 5. The Balaban J connectivity index is 0.000000253. The van der Waals surface area contributed by atoms with E-state index in [1.165, 1.54) is 39.7 Å². The molecule has 0 radical (unpaired) electrons. The van der Waals surface area contributed by atoms with E-state index in [1.54, 1.807) is 62.4 Å². The quantitative estimate of drug-likeness (QED) is 0.179. The van der Waals surface area contributed by atoms with Crippen LogP contribution >= 0.6 is 0 Å².